The molecule has 0 aliphatic heterocycles. The molecular formula is C18H12F6N2O2. The molecule has 4 nitrogen and oxygen atoms in total. The van der Waals surface area contributed by atoms with Crippen molar-refractivity contribution in [2.45, 2.75) is 19.0 Å². The highest BCUT2D eigenvalue weighted by Gasteiger charge is 2.30. The molecular weight excluding hydrogens is 390 g/mol. The van der Waals surface area contributed by atoms with Crippen LogP contribution in [-0.2, 0) is 17.5 Å². The van der Waals surface area contributed by atoms with E-state index in [0.717, 1.165) is 12.1 Å². The topological polar surface area (TPSA) is 55.0 Å². The number of aromatic amines is 1. The molecule has 0 spiro atoms. The number of fused-ring (bicyclic) bond motifs is 1. The van der Waals surface area contributed by atoms with Gasteiger partial charge >= 0.3 is 12.4 Å². The molecule has 1 N–H and O–H groups in total. The van der Waals surface area contributed by atoms with Crippen LogP contribution in [0, 0.1) is 0 Å². The van der Waals surface area contributed by atoms with Crippen LogP contribution in [0.25, 0.3) is 22.0 Å². The molecule has 3 rings (SSSR count). The van der Waals surface area contributed by atoms with E-state index in [9.17, 15) is 31.1 Å². The number of H-pyrrole nitrogens is 1. The maximum Gasteiger partial charge on any atom is 0.416 e. The van der Waals surface area contributed by atoms with E-state index in [1.165, 1.54) is 30.3 Å². The van der Waals surface area contributed by atoms with Gasteiger partial charge in [0.2, 0.25) is 0 Å². The van der Waals surface area contributed by atoms with E-state index in [0.29, 0.717) is 5.56 Å². The van der Waals surface area contributed by atoms with Crippen molar-refractivity contribution in [3.8, 4) is 11.1 Å². The standard InChI is InChI=1S/C18H12F6N2O2/c19-17(20,21)9-28-8-15-25-14-5-4-11(7-13(14)16(27)26-15)10-2-1-3-12(6-10)18(22,23)24/h1-7H,8-9H2,(H,25,26,27). The average molecular weight is 402 g/mol. The summed E-state index contributed by atoms with van der Waals surface area (Å²) in [5.74, 6) is -0.0893. The Bertz CT molecular complexity index is 1060. The van der Waals surface area contributed by atoms with Gasteiger partial charge in [-0.2, -0.15) is 26.3 Å². The molecule has 0 saturated carbocycles. The first kappa shape index (κ1) is 19.9. The van der Waals surface area contributed by atoms with Crippen molar-refractivity contribution in [2.24, 2.45) is 0 Å². The normalized spacial score (nSPS) is 12.5. The van der Waals surface area contributed by atoms with Crippen LogP contribution in [0.1, 0.15) is 11.4 Å². The van der Waals surface area contributed by atoms with Gasteiger partial charge in [0.25, 0.3) is 5.56 Å². The molecule has 28 heavy (non-hydrogen) atoms. The van der Waals surface area contributed by atoms with Crippen LogP contribution >= 0.6 is 0 Å². The Kier molecular flexibility index (Phi) is 5.16. The summed E-state index contributed by atoms with van der Waals surface area (Å²) in [5.41, 5.74) is -0.649. The van der Waals surface area contributed by atoms with E-state index < -0.39 is 36.7 Å². The molecule has 1 aromatic heterocycles. The predicted molar refractivity (Wildman–Crippen MR) is 88.5 cm³/mol. The largest absolute Gasteiger partial charge is 0.416 e. The molecule has 3 aromatic rings. The molecule has 0 aliphatic rings. The van der Waals surface area contributed by atoms with Crippen LogP contribution in [0.15, 0.2) is 47.3 Å². The Hall–Kier alpha value is -2.88. The minimum Gasteiger partial charge on any atom is -0.364 e. The maximum atomic E-state index is 12.9. The number of aromatic nitrogens is 2. The number of rotatable bonds is 4. The van der Waals surface area contributed by atoms with Crippen LogP contribution in [0.4, 0.5) is 26.3 Å². The third kappa shape index (κ3) is 4.69. The summed E-state index contributed by atoms with van der Waals surface area (Å²) in [6, 6.07) is 8.88. The van der Waals surface area contributed by atoms with Crippen LogP contribution in [0.3, 0.4) is 0 Å². The van der Waals surface area contributed by atoms with E-state index in [1.807, 2.05) is 0 Å². The van der Waals surface area contributed by atoms with Crippen LogP contribution in [0.2, 0.25) is 0 Å². The van der Waals surface area contributed by atoms with E-state index in [-0.39, 0.29) is 22.3 Å². The minimum absolute atomic E-state index is 0.0893. The second kappa shape index (κ2) is 7.27. The number of benzene rings is 2. The zero-order chi connectivity index (χ0) is 20.5. The van der Waals surface area contributed by atoms with Gasteiger partial charge in [0.05, 0.1) is 16.5 Å². The summed E-state index contributed by atoms with van der Waals surface area (Å²) >= 11 is 0. The smallest absolute Gasteiger partial charge is 0.364 e. The Morgan fingerprint density at radius 3 is 2.36 bits per heavy atom. The summed E-state index contributed by atoms with van der Waals surface area (Å²) in [4.78, 5) is 18.5. The fourth-order valence-electron chi connectivity index (χ4n) is 2.57. The zero-order valence-corrected chi connectivity index (χ0v) is 14.0. The highest BCUT2D eigenvalue weighted by Crippen LogP contribution is 2.32. The lowest BCUT2D eigenvalue weighted by molar-refractivity contribution is -0.177. The molecule has 0 unspecified atom stereocenters. The number of nitrogens with one attached hydrogen (secondary N) is 1. The minimum atomic E-state index is -4.50. The van der Waals surface area contributed by atoms with E-state index in [4.69, 9.17) is 0 Å². The van der Waals surface area contributed by atoms with E-state index in [2.05, 4.69) is 14.7 Å². The Balaban J connectivity index is 1.92. The van der Waals surface area contributed by atoms with Gasteiger partial charge < -0.3 is 9.72 Å². The number of hydrogen-bond donors (Lipinski definition) is 1. The van der Waals surface area contributed by atoms with Crippen molar-refractivity contribution in [1.82, 2.24) is 9.97 Å². The second-order valence-corrected chi connectivity index (χ2v) is 5.93. The molecule has 0 amide bonds. The highest BCUT2D eigenvalue weighted by molar-refractivity contribution is 5.83. The number of hydrogen-bond acceptors (Lipinski definition) is 3. The summed E-state index contributed by atoms with van der Waals surface area (Å²) in [6.07, 6.45) is -9.01. The quantitative estimate of drug-likeness (QED) is 0.645. The Morgan fingerprint density at radius 1 is 0.964 bits per heavy atom. The van der Waals surface area contributed by atoms with Crippen molar-refractivity contribution in [3.63, 3.8) is 0 Å². The van der Waals surface area contributed by atoms with Gasteiger partial charge in [0.1, 0.15) is 19.0 Å². The molecule has 0 atom stereocenters. The number of ether oxygens (including phenoxy) is 1. The first-order valence-corrected chi connectivity index (χ1v) is 7.88. The Morgan fingerprint density at radius 2 is 1.68 bits per heavy atom. The number of alkyl halides is 6. The Labute approximate surface area is 153 Å². The second-order valence-electron chi connectivity index (χ2n) is 5.93. The van der Waals surface area contributed by atoms with Crippen molar-refractivity contribution >= 4 is 10.9 Å². The lowest BCUT2D eigenvalue weighted by Gasteiger charge is -2.10. The summed E-state index contributed by atoms with van der Waals surface area (Å²) in [6.45, 7) is -2.02. The number of halogens is 6. The molecule has 0 radical (unpaired) electrons. The molecule has 0 saturated heterocycles. The lowest BCUT2D eigenvalue weighted by Crippen LogP contribution is -2.19. The molecule has 2 aromatic carbocycles. The van der Waals surface area contributed by atoms with E-state index >= 15 is 0 Å². The van der Waals surface area contributed by atoms with E-state index in [1.54, 1.807) is 0 Å². The molecule has 10 heteroatoms. The molecule has 0 bridgehead atoms. The van der Waals surface area contributed by atoms with Crippen molar-refractivity contribution in [3.05, 3.63) is 64.2 Å². The zero-order valence-electron chi connectivity index (χ0n) is 14.0. The summed E-state index contributed by atoms with van der Waals surface area (Å²) in [5, 5.41) is 0.0921. The summed E-state index contributed by atoms with van der Waals surface area (Å²) < 4.78 is 79.4. The van der Waals surface area contributed by atoms with Crippen LogP contribution in [-0.4, -0.2) is 22.8 Å². The van der Waals surface area contributed by atoms with Crippen LogP contribution in [0.5, 0.6) is 0 Å². The third-order valence-corrected chi connectivity index (χ3v) is 3.78. The molecule has 1 heterocycles. The monoisotopic (exact) mass is 402 g/mol. The lowest BCUT2D eigenvalue weighted by atomic mass is 10.0. The third-order valence-electron chi connectivity index (χ3n) is 3.78. The van der Waals surface area contributed by atoms with Gasteiger partial charge in [-0.3, -0.25) is 4.79 Å². The fraction of sp³-hybridized carbons (Fsp3) is 0.222. The number of nitrogens with zero attached hydrogens (tertiary/aromatic N) is 1. The first-order chi connectivity index (χ1) is 13.0. The van der Waals surface area contributed by atoms with Crippen LogP contribution < -0.4 is 5.56 Å². The molecule has 0 fully saturated rings. The molecule has 148 valence electrons. The highest BCUT2D eigenvalue weighted by atomic mass is 19.4. The van der Waals surface area contributed by atoms with Gasteiger partial charge in [0.15, 0.2) is 0 Å². The molecule has 0 aliphatic carbocycles. The first-order valence-electron chi connectivity index (χ1n) is 7.88. The SMILES string of the molecule is O=c1[nH]c(COCC(F)(F)F)nc2ccc(-c3cccc(C(F)(F)F)c3)cc12. The van der Waals surface area contributed by atoms with Gasteiger partial charge in [-0.15, -0.1) is 0 Å². The average Bonchev–Trinajstić information content (AvgIpc) is 2.60. The summed E-state index contributed by atoms with van der Waals surface area (Å²) in [7, 11) is 0. The van der Waals surface area contributed by atoms with Gasteiger partial charge in [-0.25, -0.2) is 4.98 Å². The van der Waals surface area contributed by atoms with Crippen molar-refractivity contribution in [2.75, 3.05) is 6.61 Å². The predicted octanol–water partition coefficient (Wildman–Crippen LogP) is 4.69. The maximum absolute atomic E-state index is 12.9. The van der Waals surface area contributed by atoms with Gasteiger partial charge in [0, 0.05) is 0 Å². The fourth-order valence-corrected chi connectivity index (χ4v) is 2.57. The van der Waals surface area contributed by atoms with Crippen molar-refractivity contribution in [1.29, 1.82) is 0 Å². The van der Waals surface area contributed by atoms with Gasteiger partial charge in [-0.1, -0.05) is 18.2 Å². The van der Waals surface area contributed by atoms with Crippen molar-refractivity contribution < 1.29 is 31.1 Å². The van der Waals surface area contributed by atoms with Gasteiger partial charge in [-0.05, 0) is 35.4 Å².